The van der Waals surface area contributed by atoms with Crippen LogP contribution in [0, 0.1) is 5.82 Å². The van der Waals surface area contributed by atoms with Crippen molar-refractivity contribution in [2.45, 2.75) is 32.9 Å². The lowest BCUT2D eigenvalue weighted by molar-refractivity contribution is -0.139. The molecule has 0 radical (unpaired) electrons. The molecule has 1 atom stereocenters. The summed E-state index contributed by atoms with van der Waals surface area (Å²) in [4.78, 5) is 27.3. The standard InChI is InChI=1S/C23H30FN3O5S/c1-5-12-25-23(29)17(2)26(15-18-8-6-11-21(13-18)32-3)22(28)16-27(33(4,30)31)20-10-7-9-19(24)14-20/h6-11,13-14,17H,5,12,15-16H2,1-4H3,(H,25,29)/t17-/m0/s1. The summed E-state index contributed by atoms with van der Waals surface area (Å²) in [5.74, 6) is -1.01. The summed E-state index contributed by atoms with van der Waals surface area (Å²) in [5, 5.41) is 2.76. The highest BCUT2D eigenvalue weighted by Crippen LogP contribution is 2.21. The molecular weight excluding hydrogens is 449 g/mol. The maximum atomic E-state index is 13.7. The number of ether oxygens (including phenoxy) is 1. The molecule has 0 spiro atoms. The molecule has 2 amide bonds. The number of halogens is 1. The highest BCUT2D eigenvalue weighted by molar-refractivity contribution is 7.92. The third-order valence-corrected chi connectivity index (χ3v) is 6.12. The van der Waals surface area contributed by atoms with E-state index in [1.54, 1.807) is 31.2 Å². The van der Waals surface area contributed by atoms with Crippen LogP contribution in [0.4, 0.5) is 10.1 Å². The van der Waals surface area contributed by atoms with E-state index in [0.29, 0.717) is 17.9 Å². The molecule has 0 aromatic heterocycles. The fraction of sp³-hybridized carbons (Fsp3) is 0.391. The minimum Gasteiger partial charge on any atom is -0.497 e. The quantitative estimate of drug-likeness (QED) is 0.534. The zero-order valence-corrected chi connectivity index (χ0v) is 20.1. The number of benzene rings is 2. The van der Waals surface area contributed by atoms with Crippen molar-refractivity contribution in [1.29, 1.82) is 0 Å². The first kappa shape index (κ1) is 26.1. The number of methoxy groups -OCH3 is 1. The second-order valence-electron chi connectivity index (χ2n) is 7.59. The molecule has 0 aliphatic heterocycles. The molecule has 8 nitrogen and oxygen atoms in total. The Kier molecular flexibility index (Phi) is 9.22. The first-order valence-electron chi connectivity index (χ1n) is 10.5. The molecule has 2 aromatic carbocycles. The lowest BCUT2D eigenvalue weighted by atomic mass is 10.1. The van der Waals surface area contributed by atoms with Crippen molar-refractivity contribution >= 4 is 27.5 Å². The summed E-state index contributed by atoms with van der Waals surface area (Å²) in [6.07, 6.45) is 1.67. The van der Waals surface area contributed by atoms with Gasteiger partial charge in [0, 0.05) is 13.1 Å². The summed E-state index contributed by atoms with van der Waals surface area (Å²) < 4.78 is 44.6. The molecule has 2 aromatic rings. The highest BCUT2D eigenvalue weighted by Gasteiger charge is 2.30. The minimum absolute atomic E-state index is 0.0234. The SMILES string of the molecule is CCCNC(=O)[C@H](C)N(Cc1cccc(OC)c1)C(=O)CN(c1cccc(F)c1)S(C)(=O)=O. The van der Waals surface area contributed by atoms with E-state index in [1.165, 1.54) is 30.2 Å². The van der Waals surface area contributed by atoms with E-state index in [9.17, 15) is 22.4 Å². The predicted molar refractivity (Wildman–Crippen MR) is 125 cm³/mol. The number of anilines is 1. The Balaban J connectivity index is 2.38. The molecule has 33 heavy (non-hydrogen) atoms. The van der Waals surface area contributed by atoms with Crippen LogP contribution in [-0.2, 0) is 26.2 Å². The van der Waals surface area contributed by atoms with Gasteiger partial charge in [-0.25, -0.2) is 12.8 Å². The lowest BCUT2D eigenvalue weighted by Gasteiger charge is -2.31. The number of nitrogens with zero attached hydrogens (tertiary/aromatic N) is 2. The Morgan fingerprint density at radius 1 is 1.15 bits per heavy atom. The van der Waals surface area contributed by atoms with Gasteiger partial charge in [0.05, 0.1) is 19.1 Å². The van der Waals surface area contributed by atoms with Crippen molar-refractivity contribution in [1.82, 2.24) is 10.2 Å². The molecular formula is C23H30FN3O5S. The number of hydrogen-bond acceptors (Lipinski definition) is 5. The van der Waals surface area contributed by atoms with Crippen LogP contribution in [0.3, 0.4) is 0 Å². The van der Waals surface area contributed by atoms with Gasteiger partial charge in [0.15, 0.2) is 0 Å². The van der Waals surface area contributed by atoms with Gasteiger partial charge >= 0.3 is 0 Å². The van der Waals surface area contributed by atoms with Crippen LogP contribution in [0.2, 0.25) is 0 Å². The van der Waals surface area contributed by atoms with E-state index >= 15 is 0 Å². The average Bonchev–Trinajstić information content (AvgIpc) is 2.78. The van der Waals surface area contributed by atoms with Crippen LogP contribution in [0.15, 0.2) is 48.5 Å². The van der Waals surface area contributed by atoms with E-state index < -0.39 is 34.3 Å². The molecule has 0 aliphatic rings. The Hall–Kier alpha value is -3.14. The Morgan fingerprint density at radius 2 is 1.85 bits per heavy atom. The van der Waals surface area contributed by atoms with Crippen molar-refractivity contribution < 1.29 is 27.1 Å². The Labute approximate surface area is 194 Å². The highest BCUT2D eigenvalue weighted by atomic mass is 32.2. The average molecular weight is 480 g/mol. The Bertz CT molecular complexity index is 1080. The van der Waals surface area contributed by atoms with Gasteiger partial charge < -0.3 is 15.0 Å². The van der Waals surface area contributed by atoms with Gasteiger partial charge in [-0.2, -0.15) is 0 Å². The van der Waals surface area contributed by atoms with E-state index in [2.05, 4.69) is 5.32 Å². The third-order valence-electron chi connectivity index (χ3n) is 4.98. The van der Waals surface area contributed by atoms with Crippen LogP contribution in [0.25, 0.3) is 0 Å². The summed E-state index contributed by atoms with van der Waals surface area (Å²) in [6.45, 7) is 3.40. The largest absolute Gasteiger partial charge is 0.497 e. The maximum absolute atomic E-state index is 13.7. The van der Waals surface area contributed by atoms with E-state index in [4.69, 9.17) is 4.74 Å². The molecule has 2 rings (SSSR count). The van der Waals surface area contributed by atoms with Crippen molar-refractivity contribution in [2.24, 2.45) is 0 Å². The number of carbonyl (C=O) groups excluding carboxylic acids is 2. The first-order valence-corrected chi connectivity index (χ1v) is 12.3. The van der Waals surface area contributed by atoms with Gasteiger partial charge in [0.2, 0.25) is 21.8 Å². The second-order valence-corrected chi connectivity index (χ2v) is 9.50. The third kappa shape index (κ3) is 7.45. The summed E-state index contributed by atoms with van der Waals surface area (Å²) in [5.41, 5.74) is 0.727. The number of amides is 2. The smallest absolute Gasteiger partial charge is 0.244 e. The minimum atomic E-state index is -3.91. The number of rotatable bonds is 11. The Morgan fingerprint density at radius 3 is 2.45 bits per heavy atom. The number of sulfonamides is 1. The van der Waals surface area contributed by atoms with Crippen molar-refractivity contribution in [3.8, 4) is 5.75 Å². The molecule has 0 bridgehead atoms. The molecule has 0 saturated carbocycles. The van der Waals surface area contributed by atoms with Crippen molar-refractivity contribution in [3.05, 3.63) is 59.9 Å². The van der Waals surface area contributed by atoms with Crippen molar-refractivity contribution in [2.75, 3.05) is 30.8 Å². The fourth-order valence-electron chi connectivity index (χ4n) is 3.19. The normalized spacial score (nSPS) is 12.0. The van der Waals surface area contributed by atoms with Crippen molar-refractivity contribution in [3.63, 3.8) is 0 Å². The first-order chi connectivity index (χ1) is 15.6. The fourth-order valence-corrected chi connectivity index (χ4v) is 4.03. The summed E-state index contributed by atoms with van der Waals surface area (Å²) in [6, 6.07) is 11.1. The van der Waals surface area contributed by atoms with E-state index in [0.717, 1.165) is 23.0 Å². The summed E-state index contributed by atoms with van der Waals surface area (Å²) in [7, 11) is -2.39. The number of carbonyl (C=O) groups is 2. The second kappa shape index (κ2) is 11.6. The van der Waals surface area contributed by atoms with Gasteiger partial charge in [0.25, 0.3) is 0 Å². The van der Waals surface area contributed by atoms with E-state index in [-0.39, 0.29) is 18.1 Å². The molecule has 0 saturated heterocycles. The van der Waals surface area contributed by atoms with Crippen LogP contribution in [0.5, 0.6) is 5.75 Å². The molecule has 0 unspecified atom stereocenters. The van der Waals surface area contributed by atoms with Crippen LogP contribution in [0.1, 0.15) is 25.8 Å². The van der Waals surface area contributed by atoms with Crippen LogP contribution in [-0.4, -0.2) is 57.6 Å². The molecule has 1 N–H and O–H groups in total. The summed E-state index contributed by atoms with van der Waals surface area (Å²) >= 11 is 0. The maximum Gasteiger partial charge on any atom is 0.244 e. The molecule has 180 valence electrons. The van der Waals surface area contributed by atoms with Gasteiger partial charge in [-0.1, -0.05) is 25.1 Å². The zero-order valence-electron chi connectivity index (χ0n) is 19.2. The van der Waals surface area contributed by atoms with Gasteiger partial charge in [-0.15, -0.1) is 0 Å². The zero-order chi connectivity index (χ0) is 24.6. The van der Waals surface area contributed by atoms with Crippen LogP contribution >= 0.6 is 0 Å². The number of nitrogens with one attached hydrogen (secondary N) is 1. The van der Waals surface area contributed by atoms with E-state index in [1.807, 2.05) is 6.92 Å². The molecule has 0 fully saturated rings. The molecule has 0 heterocycles. The molecule has 10 heteroatoms. The monoisotopic (exact) mass is 479 g/mol. The lowest BCUT2D eigenvalue weighted by Crippen LogP contribution is -2.51. The predicted octanol–water partition coefficient (Wildman–Crippen LogP) is 2.54. The molecule has 0 aliphatic carbocycles. The van der Waals surface area contributed by atoms with Gasteiger partial charge in [-0.05, 0) is 49.2 Å². The van der Waals surface area contributed by atoms with Crippen LogP contribution < -0.4 is 14.4 Å². The van der Waals surface area contributed by atoms with Gasteiger partial charge in [0.1, 0.15) is 24.2 Å². The topological polar surface area (TPSA) is 96.0 Å². The number of hydrogen-bond donors (Lipinski definition) is 1. The van der Waals surface area contributed by atoms with Gasteiger partial charge in [-0.3, -0.25) is 13.9 Å².